The standard InChI is InChI=1S/C10H20N4/c1-4-5-6-14-8-10(12-13-14)7-11-9(2)3/h8-9,11H,4-7H2,1-3H3. The van der Waals surface area contributed by atoms with Crippen LogP contribution in [0.1, 0.15) is 39.3 Å². The van der Waals surface area contributed by atoms with Gasteiger partial charge in [-0.25, -0.2) is 0 Å². The lowest BCUT2D eigenvalue weighted by Gasteiger charge is -2.04. The summed E-state index contributed by atoms with van der Waals surface area (Å²) in [6.45, 7) is 8.22. The van der Waals surface area contributed by atoms with Gasteiger partial charge in [0, 0.05) is 25.3 Å². The molecule has 1 aromatic rings. The van der Waals surface area contributed by atoms with Crippen molar-refractivity contribution in [2.45, 2.75) is 52.7 Å². The van der Waals surface area contributed by atoms with E-state index in [4.69, 9.17) is 0 Å². The van der Waals surface area contributed by atoms with Crippen LogP contribution in [0.3, 0.4) is 0 Å². The van der Waals surface area contributed by atoms with Crippen LogP contribution in [-0.2, 0) is 13.1 Å². The van der Waals surface area contributed by atoms with Crippen LogP contribution in [0.25, 0.3) is 0 Å². The van der Waals surface area contributed by atoms with Gasteiger partial charge in [0.05, 0.1) is 5.69 Å². The molecule has 1 aromatic heterocycles. The first-order valence-corrected chi connectivity index (χ1v) is 5.34. The van der Waals surface area contributed by atoms with E-state index in [0.29, 0.717) is 6.04 Å². The molecule has 0 aliphatic rings. The molecular weight excluding hydrogens is 176 g/mol. The Morgan fingerprint density at radius 1 is 1.50 bits per heavy atom. The molecule has 4 heteroatoms. The zero-order valence-corrected chi connectivity index (χ0v) is 9.32. The summed E-state index contributed by atoms with van der Waals surface area (Å²) >= 11 is 0. The fourth-order valence-corrected chi connectivity index (χ4v) is 1.16. The molecule has 14 heavy (non-hydrogen) atoms. The average Bonchev–Trinajstić information content (AvgIpc) is 2.59. The molecule has 0 saturated carbocycles. The van der Waals surface area contributed by atoms with Gasteiger partial charge in [-0.15, -0.1) is 5.10 Å². The third-order valence-electron chi connectivity index (χ3n) is 2.02. The van der Waals surface area contributed by atoms with Gasteiger partial charge in [-0.3, -0.25) is 4.68 Å². The van der Waals surface area contributed by atoms with E-state index < -0.39 is 0 Å². The first kappa shape index (κ1) is 11.2. The van der Waals surface area contributed by atoms with Crippen LogP contribution in [0, 0.1) is 0 Å². The first-order chi connectivity index (χ1) is 6.72. The van der Waals surface area contributed by atoms with E-state index in [1.54, 1.807) is 0 Å². The Labute approximate surface area is 85.7 Å². The SMILES string of the molecule is CCCCn1cc(CNC(C)C)nn1. The highest BCUT2D eigenvalue weighted by molar-refractivity contribution is 4.91. The van der Waals surface area contributed by atoms with Crippen molar-refractivity contribution in [1.82, 2.24) is 20.3 Å². The highest BCUT2D eigenvalue weighted by Crippen LogP contribution is 1.96. The molecule has 4 nitrogen and oxygen atoms in total. The molecule has 0 amide bonds. The van der Waals surface area contributed by atoms with E-state index >= 15 is 0 Å². The molecule has 0 atom stereocenters. The number of hydrogen-bond donors (Lipinski definition) is 1. The van der Waals surface area contributed by atoms with Crippen LogP contribution in [0.15, 0.2) is 6.20 Å². The van der Waals surface area contributed by atoms with Gasteiger partial charge in [0.2, 0.25) is 0 Å². The van der Waals surface area contributed by atoms with Crippen LogP contribution in [0.4, 0.5) is 0 Å². The van der Waals surface area contributed by atoms with Crippen molar-refractivity contribution >= 4 is 0 Å². The van der Waals surface area contributed by atoms with Gasteiger partial charge in [0.25, 0.3) is 0 Å². The molecule has 0 unspecified atom stereocenters. The van der Waals surface area contributed by atoms with Crippen LogP contribution in [0.2, 0.25) is 0 Å². The predicted molar refractivity (Wildman–Crippen MR) is 56.9 cm³/mol. The molecule has 0 aliphatic heterocycles. The zero-order chi connectivity index (χ0) is 10.4. The number of rotatable bonds is 6. The molecule has 0 bridgehead atoms. The van der Waals surface area contributed by atoms with Crippen molar-refractivity contribution in [3.05, 3.63) is 11.9 Å². The quantitative estimate of drug-likeness (QED) is 0.751. The number of aromatic nitrogens is 3. The van der Waals surface area contributed by atoms with Crippen molar-refractivity contribution in [3.8, 4) is 0 Å². The van der Waals surface area contributed by atoms with Gasteiger partial charge in [-0.1, -0.05) is 32.4 Å². The van der Waals surface area contributed by atoms with Gasteiger partial charge in [0.1, 0.15) is 0 Å². The van der Waals surface area contributed by atoms with E-state index in [-0.39, 0.29) is 0 Å². The number of hydrogen-bond acceptors (Lipinski definition) is 3. The minimum atomic E-state index is 0.496. The Balaban J connectivity index is 2.35. The minimum absolute atomic E-state index is 0.496. The third kappa shape index (κ3) is 3.87. The van der Waals surface area contributed by atoms with Gasteiger partial charge in [-0.05, 0) is 6.42 Å². The van der Waals surface area contributed by atoms with Gasteiger partial charge in [-0.2, -0.15) is 0 Å². The maximum Gasteiger partial charge on any atom is 0.0964 e. The largest absolute Gasteiger partial charge is 0.309 e. The number of aryl methyl sites for hydroxylation is 1. The lowest BCUT2D eigenvalue weighted by Crippen LogP contribution is -2.21. The summed E-state index contributed by atoms with van der Waals surface area (Å²) in [4.78, 5) is 0. The maximum absolute atomic E-state index is 4.09. The molecule has 0 aromatic carbocycles. The first-order valence-electron chi connectivity index (χ1n) is 5.34. The summed E-state index contributed by atoms with van der Waals surface area (Å²) in [6.07, 6.45) is 4.38. The monoisotopic (exact) mass is 196 g/mol. The normalized spacial score (nSPS) is 11.1. The molecule has 1 N–H and O–H groups in total. The number of nitrogens with one attached hydrogen (secondary N) is 1. The summed E-state index contributed by atoms with van der Waals surface area (Å²) in [6, 6.07) is 0.496. The Hall–Kier alpha value is -0.900. The lowest BCUT2D eigenvalue weighted by atomic mass is 10.3. The van der Waals surface area contributed by atoms with E-state index in [1.165, 1.54) is 12.8 Å². The van der Waals surface area contributed by atoms with E-state index in [2.05, 4.69) is 36.4 Å². The third-order valence-corrected chi connectivity index (χ3v) is 2.02. The highest BCUT2D eigenvalue weighted by Gasteiger charge is 2.00. The molecular formula is C10H20N4. The van der Waals surface area contributed by atoms with Crippen LogP contribution >= 0.6 is 0 Å². The minimum Gasteiger partial charge on any atom is -0.309 e. The maximum atomic E-state index is 4.09. The Bertz CT molecular complexity index is 254. The van der Waals surface area contributed by atoms with Crippen LogP contribution in [-0.4, -0.2) is 21.0 Å². The Morgan fingerprint density at radius 2 is 2.29 bits per heavy atom. The fourth-order valence-electron chi connectivity index (χ4n) is 1.16. The molecule has 0 spiro atoms. The Morgan fingerprint density at radius 3 is 2.93 bits per heavy atom. The summed E-state index contributed by atoms with van der Waals surface area (Å²) in [5, 5.41) is 11.5. The Kier molecular flexibility index (Phi) is 4.59. The molecule has 0 fully saturated rings. The molecule has 80 valence electrons. The van der Waals surface area contributed by atoms with E-state index in [0.717, 1.165) is 18.8 Å². The van der Waals surface area contributed by atoms with Gasteiger partial charge >= 0.3 is 0 Å². The van der Waals surface area contributed by atoms with Gasteiger partial charge in [0.15, 0.2) is 0 Å². The highest BCUT2D eigenvalue weighted by atomic mass is 15.4. The second-order valence-corrected chi connectivity index (χ2v) is 3.86. The molecule has 0 aliphatic carbocycles. The van der Waals surface area contributed by atoms with Gasteiger partial charge < -0.3 is 5.32 Å². The second-order valence-electron chi connectivity index (χ2n) is 3.86. The fraction of sp³-hybridized carbons (Fsp3) is 0.800. The van der Waals surface area contributed by atoms with Crippen molar-refractivity contribution in [2.75, 3.05) is 0 Å². The van der Waals surface area contributed by atoms with Crippen molar-refractivity contribution in [2.24, 2.45) is 0 Å². The molecule has 0 saturated heterocycles. The van der Waals surface area contributed by atoms with Crippen molar-refractivity contribution < 1.29 is 0 Å². The summed E-state index contributed by atoms with van der Waals surface area (Å²) in [5.74, 6) is 0. The zero-order valence-electron chi connectivity index (χ0n) is 9.32. The predicted octanol–water partition coefficient (Wildman–Crippen LogP) is 1.58. The number of nitrogens with zero attached hydrogens (tertiary/aromatic N) is 3. The van der Waals surface area contributed by atoms with Crippen molar-refractivity contribution in [1.29, 1.82) is 0 Å². The molecule has 0 radical (unpaired) electrons. The molecule has 1 heterocycles. The second kappa shape index (κ2) is 5.75. The lowest BCUT2D eigenvalue weighted by molar-refractivity contribution is 0.552. The topological polar surface area (TPSA) is 42.7 Å². The summed E-state index contributed by atoms with van der Waals surface area (Å²) in [7, 11) is 0. The van der Waals surface area contributed by atoms with E-state index in [9.17, 15) is 0 Å². The summed E-state index contributed by atoms with van der Waals surface area (Å²) < 4.78 is 1.92. The van der Waals surface area contributed by atoms with E-state index in [1.807, 2.05) is 10.9 Å². The summed E-state index contributed by atoms with van der Waals surface area (Å²) in [5.41, 5.74) is 1.02. The van der Waals surface area contributed by atoms with Crippen LogP contribution < -0.4 is 5.32 Å². The number of unbranched alkanes of at least 4 members (excludes halogenated alkanes) is 1. The van der Waals surface area contributed by atoms with Crippen molar-refractivity contribution in [3.63, 3.8) is 0 Å². The van der Waals surface area contributed by atoms with Crippen LogP contribution in [0.5, 0.6) is 0 Å². The smallest absolute Gasteiger partial charge is 0.0964 e. The average molecular weight is 196 g/mol. The molecule has 1 rings (SSSR count).